The maximum Gasteiger partial charge on any atom is 0.323 e. The summed E-state index contributed by atoms with van der Waals surface area (Å²) in [6.45, 7) is 2.03. The molecule has 1 atom stereocenters. The lowest BCUT2D eigenvalue weighted by Crippen LogP contribution is -2.34. The van der Waals surface area contributed by atoms with Gasteiger partial charge in [0.2, 0.25) is 0 Å². The Morgan fingerprint density at radius 3 is 2.96 bits per heavy atom. The molecule has 3 rings (SSSR count). The second-order valence-corrected chi connectivity index (χ2v) is 6.46. The first kappa shape index (κ1) is 18.2. The highest BCUT2D eigenvalue weighted by atomic mass is 35.5. The van der Waals surface area contributed by atoms with E-state index in [9.17, 15) is 4.79 Å². The van der Waals surface area contributed by atoms with Gasteiger partial charge in [0.1, 0.15) is 6.04 Å². The molecule has 0 amide bonds. The molecule has 0 spiro atoms. The highest BCUT2D eigenvalue weighted by Gasteiger charge is 2.19. The SMILES string of the molecule is Cl.[2H]Cn1cc(C[C@H](N)C(=O)OCCC2CCOCC2)c2ccccc21. The molecule has 1 aromatic carbocycles. The lowest BCUT2D eigenvalue weighted by atomic mass is 9.97. The average molecular weight is 368 g/mol. The van der Waals surface area contributed by atoms with E-state index < -0.39 is 6.04 Å². The number of aryl methyl sites for hydroxylation is 1. The smallest absolute Gasteiger partial charge is 0.323 e. The Labute approximate surface area is 156 Å². The van der Waals surface area contributed by atoms with Gasteiger partial charge in [0.25, 0.3) is 0 Å². The molecule has 25 heavy (non-hydrogen) atoms. The van der Waals surface area contributed by atoms with Gasteiger partial charge < -0.3 is 19.8 Å². The third-order valence-electron chi connectivity index (χ3n) is 4.72. The average Bonchev–Trinajstić information content (AvgIpc) is 3.00. The van der Waals surface area contributed by atoms with E-state index in [0.29, 0.717) is 18.9 Å². The molecule has 2 N–H and O–H groups in total. The Balaban J connectivity index is 0.00000243. The van der Waals surface area contributed by atoms with Gasteiger partial charge in [-0.05, 0) is 36.8 Å². The minimum atomic E-state index is -0.681. The number of fused-ring (bicyclic) bond motifs is 1. The molecule has 0 saturated carbocycles. The van der Waals surface area contributed by atoms with Crippen molar-refractivity contribution in [2.24, 2.45) is 18.7 Å². The Bertz CT molecular complexity index is 716. The molecule has 0 unspecified atom stereocenters. The van der Waals surface area contributed by atoms with Gasteiger partial charge in [0.15, 0.2) is 0 Å². The molecule has 0 aliphatic carbocycles. The van der Waals surface area contributed by atoms with E-state index >= 15 is 0 Å². The number of ether oxygens (including phenoxy) is 2. The zero-order chi connectivity index (χ0) is 17.6. The van der Waals surface area contributed by atoms with Crippen molar-refractivity contribution in [3.8, 4) is 0 Å². The van der Waals surface area contributed by atoms with Gasteiger partial charge in [-0.1, -0.05) is 18.2 Å². The number of esters is 1. The Morgan fingerprint density at radius 2 is 2.20 bits per heavy atom. The van der Waals surface area contributed by atoms with Crippen LogP contribution in [-0.4, -0.2) is 36.4 Å². The molecule has 1 aromatic heterocycles. The number of rotatable bonds is 6. The first-order valence-electron chi connectivity index (χ1n) is 9.25. The normalized spacial score (nSPS) is 16.9. The maximum atomic E-state index is 12.2. The summed E-state index contributed by atoms with van der Waals surface area (Å²) in [6, 6.07) is 7.20. The third kappa shape index (κ3) is 4.97. The zero-order valence-electron chi connectivity index (χ0n) is 15.4. The summed E-state index contributed by atoms with van der Waals surface area (Å²) in [5, 5.41) is 1.04. The van der Waals surface area contributed by atoms with E-state index in [1.807, 2.05) is 35.0 Å². The number of nitrogens with two attached hydrogens (primary N) is 1. The van der Waals surface area contributed by atoms with Crippen LogP contribution in [0.3, 0.4) is 0 Å². The fourth-order valence-electron chi connectivity index (χ4n) is 3.27. The van der Waals surface area contributed by atoms with Crippen molar-refractivity contribution in [1.29, 1.82) is 0 Å². The number of nitrogens with zero attached hydrogens (tertiary/aromatic N) is 1. The van der Waals surface area contributed by atoms with Gasteiger partial charge in [0.05, 0.1) is 6.61 Å². The van der Waals surface area contributed by atoms with Crippen LogP contribution in [0.5, 0.6) is 0 Å². The summed E-state index contributed by atoms with van der Waals surface area (Å²) >= 11 is 0. The second-order valence-electron chi connectivity index (χ2n) is 6.46. The van der Waals surface area contributed by atoms with Crippen molar-refractivity contribution >= 4 is 29.3 Å². The molecular formula is C19H27ClN2O3. The predicted molar refractivity (Wildman–Crippen MR) is 101 cm³/mol. The van der Waals surface area contributed by atoms with Crippen LogP contribution in [0.15, 0.2) is 30.5 Å². The molecule has 2 heterocycles. The van der Waals surface area contributed by atoms with E-state index in [1.165, 1.54) is 0 Å². The third-order valence-corrected chi connectivity index (χ3v) is 4.72. The van der Waals surface area contributed by atoms with Crippen molar-refractivity contribution < 1.29 is 15.6 Å². The van der Waals surface area contributed by atoms with Crippen LogP contribution < -0.4 is 5.73 Å². The molecule has 5 nitrogen and oxygen atoms in total. The number of hydrogen-bond donors (Lipinski definition) is 1. The van der Waals surface area contributed by atoms with Crippen LogP contribution in [0.2, 0.25) is 0 Å². The van der Waals surface area contributed by atoms with Crippen molar-refractivity contribution in [2.45, 2.75) is 31.7 Å². The number of aromatic nitrogens is 1. The minimum Gasteiger partial charge on any atom is -0.465 e. The summed E-state index contributed by atoms with van der Waals surface area (Å²) in [4.78, 5) is 12.2. The van der Waals surface area contributed by atoms with Crippen LogP contribution in [0, 0.1) is 5.92 Å². The Morgan fingerprint density at radius 1 is 1.44 bits per heavy atom. The van der Waals surface area contributed by atoms with Crippen LogP contribution in [0.4, 0.5) is 0 Å². The van der Waals surface area contributed by atoms with Crippen LogP contribution in [0.1, 0.15) is 26.2 Å². The molecule has 0 radical (unpaired) electrons. The number of halogens is 1. The molecule has 0 bridgehead atoms. The molecule has 138 valence electrons. The van der Waals surface area contributed by atoms with E-state index in [4.69, 9.17) is 16.6 Å². The summed E-state index contributed by atoms with van der Waals surface area (Å²) in [7, 11) is 0.144. The number of carbonyl (C=O) groups is 1. The topological polar surface area (TPSA) is 66.5 Å². The Kier molecular flexibility index (Phi) is 6.73. The lowest BCUT2D eigenvalue weighted by Gasteiger charge is -2.21. The summed E-state index contributed by atoms with van der Waals surface area (Å²) < 4.78 is 20.2. The van der Waals surface area contributed by atoms with Gasteiger partial charge in [-0.15, -0.1) is 12.4 Å². The van der Waals surface area contributed by atoms with Crippen LogP contribution >= 0.6 is 12.4 Å². The molecule has 1 saturated heterocycles. The number of para-hydroxylation sites is 1. The van der Waals surface area contributed by atoms with E-state index in [1.54, 1.807) is 0 Å². The predicted octanol–water partition coefficient (Wildman–Crippen LogP) is 2.83. The van der Waals surface area contributed by atoms with Crippen molar-refractivity contribution in [3.05, 3.63) is 36.0 Å². The summed E-state index contributed by atoms with van der Waals surface area (Å²) in [6.07, 6.45) is 5.28. The van der Waals surface area contributed by atoms with Crippen LogP contribution in [-0.2, 0) is 27.7 Å². The monoisotopic (exact) mass is 367 g/mol. The lowest BCUT2D eigenvalue weighted by molar-refractivity contribution is -0.145. The van der Waals surface area contributed by atoms with E-state index in [-0.39, 0.29) is 25.4 Å². The standard InChI is InChI=1S/C19H26N2O3.ClH/c1-21-13-15(16-4-2-3-5-18(16)21)12-17(20)19(22)24-11-8-14-6-9-23-10-7-14;/h2-5,13-14,17H,6-12,20H2,1H3;1H/t17-;/m0./s1/i1D;. The Hall–Kier alpha value is -1.56. The van der Waals surface area contributed by atoms with Gasteiger partial charge in [-0.3, -0.25) is 4.79 Å². The van der Waals surface area contributed by atoms with Crippen LogP contribution in [0.25, 0.3) is 10.9 Å². The summed E-state index contributed by atoms with van der Waals surface area (Å²) in [5.41, 5.74) is 8.04. The summed E-state index contributed by atoms with van der Waals surface area (Å²) in [5.74, 6) is 0.225. The molecule has 1 aliphatic rings. The first-order chi connectivity index (χ1) is 12.2. The molecule has 1 aliphatic heterocycles. The van der Waals surface area contributed by atoms with Gasteiger partial charge in [-0.2, -0.15) is 0 Å². The minimum absolute atomic E-state index is 0. The number of hydrogen-bond acceptors (Lipinski definition) is 4. The quantitative estimate of drug-likeness (QED) is 0.797. The molecule has 2 aromatic rings. The highest BCUT2D eigenvalue weighted by molar-refractivity contribution is 5.85. The van der Waals surface area contributed by atoms with Crippen molar-refractivity contribution in [3.63, 3.8) is 0 Å². The largest absolute Gasteiger partial charge is 0.465 e. The maximum absolute atomic E-state index is 12.2. The van der Waals surface area contributed by atoms with Gasteiger partial charge in [-0.25, -0.2) is 0 Å². The van der Waals surface area contributed by atoms with E-state index in [2.05, 4.69) is 0 Å². The first-order valence-corrected chi connectivity index (χ1v) is 8.55. The zero-order valence-corrected chi connectivity index (χ0v) is 15.2. The molecule has 1 fully saturated rings. The number of benzene rings is 1. The van der Waals surface area contributed by atoms with Gasteiger partial charge >= 0.3 is 5.97 Å². The van der Waals surface area contributed by atoms with E-state index in [0.717, 1.165) is 48.9 Å². The molecular weight excluding hydrogens is 340 g/mol. The number of carbonyl (C=O) groups excluding carboxylic acids is 1. The van der Waals surface area contributed by atoms with Crippen molar-refractivity contribution in [1.82, 2.24) is 4.57 Å². The molecule has 6 heteroatoms. The van der Waals surface area contributed by atoms with Gasteiger partial charge in [0, 0.05) is 45.1 Å². The second kappa shape index (κ2) is 9.22. The fraction of sp³-hybridized carbons (Fsp3) is 0.526. The fourth-order valence-corrected chi connectivity index (χ4v) is 3.27. The highest BCUT2D eigenvalue weighted by Crippen LogP contribution is 2.22. The van der Waals surface area contributed by atoms with Crippen molar-refractivity contribution in [2.75, 3.05) is 19.8 Å².